The van der Waals surface area contributed by atoms with Crippen LogP contribution in [-0.4, -0.2) is 35.8 Å². The molecule has 1 aromatic carbocycles. The maximum Gasteiger partial charge on any atom is 0.151 e. The molecule has 0 spiro atoms. The quantitative estimate of drug-likeness (QED) is 0.688. The number of hydrogen-bond acceptors (Lipinski definition) is 5. The number of hydrogen-bond donors (Lipinski definition) is 0. The summed E-state index contributed by atoms with van der Waals surface area (Å²) < 4.78 is 24.0. The Morgan fingerprint density at radius 3 is 2.76 bits per heavy atom. The number of pyridine rings is 1. The van der Waals surface area contributed by atoms with E-state index in [9.17, 15) is 8.42 Å². The Hall–Kier alpha value is -1.76. The summed E-state index contributed by atoms with van der Waals surface area (Å²) in [5.74, 6) is 0.558. The van der Waals surface area contributed by atoms with Gasteiger partial charge in [-0.1, -0.05) is 30.3 Å². The van der Waals surface area contributed by atoms with Gasteiger partial charge in [0.25, 0.3) is 0 Å². The van der Waals surface area contributed by atoms with E-state index >= 15 is 0 Å². The van der Waals surface area contributed by atoms with Gasteiger partial charge in [-0.15, -0.1) is 11.3 Å². The molecule has 0 radical (unpaired) electrons. The highest BCUT2D eigenvalue weighted by Gasteiger charge is 2.32. The Labute approximate surface area is 152 Å². The summed E-state index contributed by atoms with van der Waals surface area (Å²) >= 11 is 1.72. The first-order valence-corrected chi connectivity index (χ1v) is 11.1. The first-order chi connectivity index (χ1) is 12.1. The second-order valence-corrected chi connectivity index (χ2v) is 9.79. The molecule has 0 bridgehead atoms. The van der Waals surface area contributed by atoms with Crippen molar-refractivity contribution in [2.75, 3.05) is 11.5 Å². The molecule has 2 aromatic heterocycles. The van der Waals surface area contributed by atoms with Crippen LogP contribution in [0.15, 0.2) is 54.0 Å². The van der Waals surface area contributed by atoms with Crippen molar-refractivity contribution >= 4 is 32.1 Å². The van der Waals surface area contributed by atoms with Crippen molar-refractivity contribution in [3.63, 3.8) is 0 Å². The molecular weight excluding hydrogens is 352 g/mol. The fourth-order valence-corrected chi connectivity index (χ4v) is 5.98. The van der Waals surface area contributed by atoms with Gasteiger partial charge in [0.15, 0.2) is 9.84 Å². The van der Waals surface area contributed by atoms with E-state index in [4.69, 9.17) is 0 Å². The lowest BCUT2D eigenvalue weighted by Gasteiger charge is -2.28. The minimum absolute atomic E-state index is 0.0751. The number of rotatable bonds is 5. The topological polar surface area (TPSA) is 50.3 Å². The van der Waals surface area contributed by atoms with E-state index in [0.29, 0.717) is 18.7 Å². The number of fused-ring (bicyclic) bond motifs is 1. The number of thiophene rings is 1. The molecule has 3 aromatic rings. The van der Waals surface area contributed by atoms with E-state index in [0.717, 1.165) is 23.0 Å². The van der Waals surface area contributed by atoms with E-state index in [1.54, 1.807) is 11.3 Å². The van der Waals surface area contributed by atoms with Gasteiger partial charge in [0, 0.05) is 35.6 Å². The Morgan fingerprint density at radius 1 is 1.12 bits per heavy atom. The minimum Gasteiger partial charge on any atom is -0.290 e. The zero-order valence-corrected chi connectivity index (χ0v) is 15.5. The monoisotopic (exact) mass is 372 g/mol. The van der Waals surface area contributed by atoms with Crippen LogP contribution >= 0.6 is 11.3 Å². The summed E-state index contributed by atoms with van der Waals surface area (Å²) in [5.41, 5.74) is 2.15. The normalized spacial score (nSPS) is 19.6. The number of sulfone groups is 1. The Bertz CT molecular complexity index is 963. The second kappa shape index (κ2) is 6.86. The van der Waals surface area contributed by atoms with Crippen molar-refractivity contribution in [1.82, 2.24) is 9.88 Å². The molecule has 0 saturated carbocycles. The third-order valence-electron chi connectivity index (χ3n) is 4.75. The molecule has 0 amide bonds. The summed E-state index contributed by atoms with van der Waals surface area (Å²) in [5, 5.41) is 3.19. The fraction of sp³-hybridized carbons (Fsp3) is 0.316. The first-order valence-electron chi connectivity index (χ1n) is 8.40. The molecule has 6 heteroatoms. The zero-order valence-electron chi connectivity index (χ0n) is 13.8. The number of nitrogens with zero attached hydrogens (tertiary/aromatic N) is 2. The first kappa shape index (κ1) is 16.7. The maximum absolute atomic E-state index is 12.0. The maximum atomic E-state index is 12.0. The Kier molecular flexibility index (Phi) is 4.58. The molecule has 25 heavy (non-hydrogen) atoms. The van der Waals surface area contributed by atoms with Gasteiger partial charge in [0.05, 0.1) is 17.0 Å². The van der Waals surface area contributed by atoms with Gasteiger partial charge in [-0.3, -0.25) is 9.88 Å². The molecule has 1 fully saturated rings. The molecular formula is C19H20N2O2S2. The molecule has 3 heterocycles. The second-order valence-electron chi connectivity index (χ2n) is 6.53. The number of benzene rings is 1. The van der Waals surface area contributed by atoms with E-state index in [1.807, 2.05) is 24.4 Å². The lowest BCUT2D eigenvalue weighted by Crippen LogP contribution is -2.35. The predicted molar refractivity (Wildman–Crippen MR) is 102 cm³/mol. The number of aromatic nitrogens is 1. The largest absolute Gasteiger partial charge is 0.290 e. The average molecular weight is 373 g/mol. The minimum atomic E-state index is -2.91. The fourth-order valence-electron chi connectivity index (χ4n) is 3.49. The molecule has 4 nitrogen and oxygen atoms in total. The van der Waals surface area contributed by atoms with Gasteiger partial charge < -0.3 is 0 Å². The van der Waals surface area contributed by atoms with Crippen LogP contribution < -0.4 is 0 Å². The molecule has 1 saturated heterocycles. The average Bonchev–Trinajstić information content (AvgIpc) is 3.24. The van der Waals surface area contributed by atoms with Gasteiger partial charge in [-0.25, -0.2) is 8.42 Å². The summed E-state index contributed by atoms with van der Waals surface area (Å²) in [6.45, 7) is 1.49. The van der Waals surface area contributed by atoms with Gasteiger partial charge in [-0.05, 0) is 29.5 Å². The standard InChI is InChI=1S/C19H20N2O2S2/c22-25(23)11-8-17(14-25)21(13-18-7-3-10-24-18)12-16-5-1-4-15-6-2-9-20-19(15)16/h1-7,9-10,17H,8,11-14H2/t17-/m1/s1. The third kappa shape index (κ3) is 3.76. The van der Waals surface area contributed by atoms with Crippen LogP contribution in [-0.2, 0) is 22.9 Å². The Morgan fingerprint density at radius 2 is 2.00 bits per heavy atom. The molecule has 0 aliphatic carbocycles. The van der Waals surface area contributed by atoms with Crippen molar-refractivity contribution in [3.8, 4) is 0 Å². The van der Waals surface area contributed by atoms with Crippen LogP contribution in [0.25, 0.3) is 10.9 Å². The summed E-state index contributed by atoms with van der Waals surface area (Å²) in [6.07, 6.45) is 2.53. The van der Waals surface area contributed by atoms with Gasteiger partial charge >= 0.3 is 0 Å². The summed E-state index contributed by atoms with van der Waals surface area (Å²) in [4.78, 5) is 8.11. The van der Waals surface area contributed by atoms with E-state index in [2.05, 4.69) is 39.5 Å². The van der Waals surface area contributed by atoms with Crippen LogP contribution in [0.5, 0.6) is 0 Å². The van der Waals surface area contributed by atoms with E-state index in [-0.39, 0.29) is 11.8 Å². The zero-order chi connectivity index (χ0) is 17.3. The summed E-state index contributed by atoms with van der Waals surface area (Å²) in [7, 11) is -2.91. The third-order valence-corrected chi connectivity index (χ3v) is 7.37. The molecule has 0 N–H and O–H groups in total. The van der Waals surface area contributed by atoms with Crippen LogP contribution in [0, 0.1) is 0 Å². The van der Waals surface area contributed by atoms with Crippen LogP contribution in [0.3, 0.4) is 0 Å². The van der Waals surface area contributed by atoms with Crippen LogP contribution in [0.2, 0.25) is 0 Å². The van der Waals surface area contributed by atoms with Crippen molar-refractivity contribution in [2.24, 2.45) is 0 Å². The molecule has 130 valence electrons. The van der Waals surface area contributed by atoms with Gasteiger partial charge in [0.1, 0.15) is 0 Å². The number of para-hydroxylation sites is 1. The molecule has 1 atom stereocenters. The lowest BCUT2D eigenvalue weighted by atomic mass is 10.1. The SMILES string of the molecule is O=S1(=O)CC[C@@H](N(Cc2cccs2)Cc2cccc3cccnc23)C1. The molecule has 4 rings (SSSR count). The molecule has 0 unspecified atom stereocenters. The molecule has 1 aliphatic heterocycles. The van der Waals surface area contributed by atoms with Gasteiger partial charge in [-0.2, -0.15) is 0 Å². The van der Waals surface area contributed by atoms with Crippen molar-refractivity contribution < 1.29 is 8.42 Å². The summed E-state index contributed by atoms with van der Waals surface area (Å²) in [6, 6.07) is 14.5. The highest BCUT2D eigenvalue weighted by atomic mass is 32.2. The smallest absolute Gasteiger partial charge is 0.151 e. The highest BCUT2D eigenvalue weighted by molar-refractivity contribution is 7.91. The predicted octanol–water partition coefficient (Wildman–Crippen LogP) is 3.49. The van der Waals surface area contributed by atoms with E-state index in [1.165, 1.54) is 4.88 Å². The van der Waals surface area contributed by atoms with Crippen LogP contribution in [0.1, 0.15) is 16.9 Å². The van der Waals surface area contributed by atoms with Gasteiger partial charge in [0.2, 0.25) is 0 Å². The Balaban J connectivity index is 1.65. The van der Waals surface area contributed by atoms with Crippen LogP contribution in [0.4, 0.5) is 0 Å². The highest BCUT2D eigenvalue weighted by Crippen LogP contribution is 2.25. The van der Waals surface area contributed by atoms with Crippen molar-refractivity contribution in [3.05, 3.63) is 64.5 Å². The van der Waals surface area contributed by atoms with E-state index < -0.39 is 9.84 Å². The molecule has 1 aliphatic rings. The van der Waals surface area contributed by atoms with Crippen molar-refractivity contribution in [1.29, 1.82) is 0 Å². The van der Waals surface area contributed by atoms with Crippen molar-refractivity contribution in [2.45, 2.75) is 25.6 Å². The lowest BCUT2D eigenvalue weighted by molar-refractivity contribution is 0.197.